The smallest absolute Gasteiger partial charge is 0.307 e. The Kier molecular flexibility index (Phi) is 3.49. The molecule has 1 fully saturated rings. The lowest BCUT2D eigenvalue weighted by molar-refractivity contribution is -0.150. The van der Waals surface area contributed by atoms with E-state index in [1.54, 1.807) is 18.1 Å². The van der Waals surface area contributed by atoms with Crippen molar-refractivity contribution in [3.8, 4) is 0 Å². The molecule has 0 aliphatic heterocycles. The van der Waals surface area contributed by atoms with E-state index >= 15 is 0 Å². The van der Waals surface area contributed by atoms with Gasteiger partial charge < -0.3 is 10.0 Å². The third-order valence-corrected chi connectivity index (χ3v) is 4.53. The van der Waals surface area contributed by atoms with Crippen LogP contribution in [0.15, 0.2) is 36.5 Å². The van der Waals surface area contributed by atoms with Gasteiger partial charge in [-0.25, -0.2) is 0 Å². The largest absolute Gasteiger partial charge is 0.481 e. The van der Waals surface area contributed by atoms with Gasteiger partial charge in [0.1, 0.15) is 0 Å². The molecule has 3 rings (SSSR count). The maximum absolute atomic E-state index is 12.7. The van der Waals surface area contributed by atoms with Crippen molar-refractivity contribution >= 4 is 11.9 Å². The summed E-state index contributed by atoms with van der Waals surface area (Å²) in [7, 11) is 1.71. The Hall–Kier alpha value is -2.17. The van der Waals surface area contributed by atoms with Gasteiger partial charge in [-0.15, -0.1) is 0 Å². The molecule has 2 bridgehead atoms. The predicted molar refractivity (Wildman–Crippen MR) is 76.1 cm³/mol. The van der Waals surface area contributed by atoms with E-state index in [-0.39, 0.29) is 17.7 Å². The minimum atomic E-state index is -0.864. The van der Waals surface area contributed by atoms with Gasteiger partial charge in [0.25, 0.3) is 0 Å². The molecular formula is C16H18N2O3. The van der Waals surface area contributed by atoms with Crippen molar-refractivity contribution in [1.82, 2.24) is 9.88 Å². The van der Waals surface area contributed by atoms with Gasteiger partial charge in [0, 0.05) is 13.2 Å². The van der Waals surface area contributed by atoms with Crippen LogP contribution in [0.25, 0.3) is 0 Å². The summed E-state index contributed by atoms with van der Waals surface area (Å²) in [5.41, 5.74) is 0.805. The molecule has 2 aliphatic carbocycles. The van der Waals surface area contributed by atoms with Crippen LogP contribution < -0.4 is 0 Å². The fraction of sp³-hybridized carbons (Fsp3) is 0.438. The molecule has 5 heteroatoms. The molecule has 21 heavy (non-hydrogen) atoms. The first-order chi connectivity index (χ1) is 10.1. The molecule has 0 spiro atoms. The van der Waals surface area contributed by atoms with Crippen molar-refractivity contribution in [3.05, 3.63) is 42.2 Å². The lowest BCUT2D eigenvalue weighted by Crippen LogP contribution is -2.41. The fourth-order valence-electron chi connectivity index (χ4n) is 3.56. The number of pyridine rings is 1. The Bertz CT molecular complexity index is 584. The summed E-state index contributed by atoms with van der Waals surface area (Å²) >= 11 is 0. The Balaban J connectivity index is 1.75. The van der Waals surface area contributed by atoms with Crippen LogP contribution in [0.5, 0.6) is 0 Å². The number of amides is 1. The Morgan fingerprint density at radius 3 is 2.62 bits per heavy atom. The third-order valence-electron chi connectivity index (χ3n) is 4.53. The number of hydrogen-bond acceptors (Lipinski definition) is 3. The number of allylic oxidation sites excluding steroid dienone is 2. The number of nitrogens with zero attached hydrogens (tertiary/aromatic N) is 2. The number of carbonyl (C=O) groups excluding carboxylic acids is 1. The molecular weight excluding hydrogens is 268 g/mol. The van der Waals surface area contributed by atoms with E-state index in [9.17, 15) is 14.7 Å². The molecule has 5 nitrogen and oxygen atoms in total. The highest BCUT2D eigenvalue weighted by Gasteiger charge is 2.52. The van der Waals surface area contributed by atoms with Gasteiger partial charge in [-0.05, 0) is 30.4 Å². The Labute approximate surface area is 123 Å². The monoisotopic (exact) mass is 286 g/mol. The molecule has 4 atom stereocenters. The third kappa shape index (κ3) is 2.44. The van der Waals surface area contributed by atoms with Gasteiger partial charge >= 0.3 is 5.97 Å². The topological polar surface area (TPSA) is 70.5 Å². The maximum atomic E-state index is 12.7. The van der Waals surface area contributed by atoms with E-state index < -0.39 is 17.8 Å². The SMILES string of the molecule is CN(Cc1ccccn1)C(=O)C1C2C=CC(C2)C1C(=O)O. The fourth-order valence-corrected chi connectivity index (χ4v) is 3.56. The highest BCUT2D eigenvalue weighted by molar-refractivity contribution is 5.86. The van der Waals surface area contributed by atoms with Gasteiger partial charge in [0.15, 0.2) is 0 Å². The molecule has 110 valence electrons. The number of rotatable bonds is 4. The molecule has 2 aliphatic rings. The van der Waals surface area contributed by atoms with E-state index in [0.717, 1.165) is 12.1 Å². The predicted octanol–water partition coefficient (Wildman–Crippen LogP) is 1.56. The minimum Gasteiger partial charge on any atom is -0.481 e. The maximum Gasteiger partial charge on any atom is 0.307 e. The highest BCUT2D eigenvalue weighted by atomic mass is 16.4. The average Bonchev–Trinajstić information content (AvgIpc) is 3.08. The van der Waals surface area contributed by atoms with Gasteiger partial charge in [-0.3, -0.25) is 14.6 Å². The van der Waals surface area contributed by atoms with E-state index in [1.165, 1.54) is 0 Å². The van der Waals surface area contributed by atoms with E-state index in [4.69, 9.17) is 0 Å². The van der Waals surface area contributed by atoms with Crippen molar-refractivity contribution in [2.75, 3.05) is 7.05 Å². The zero-order valence-corrected chi connectivity index (χ0v) is 11.8. The van der Waals surface area contributed by atoms with Crippen LogP contribution in [0.4, 0.5) is 0 Å². The number of fused-ring (bicyclic) bond motifs is 2. The summed E-state index contributed by atoms with van der Waals surface area (Å²) in [6.45, 7) is 0.406. The number of carbonyl (C=O) groups is 2. The van der Waals surface area contributed by atoms with Crippen molar-refractivity contribution in [2.24, 2.45) is 23.7 Å². The van der Waals surface area contributed by atoms with Crippen LogP contribution in [0.1, 0.15) is 12.1 Å². The summed E-state index contributed by atoms with van der Waals surface area (Å²) in [4.78, 5) is 29.9. The van der Waals surface area contributed by atoms with Gasteiger partial charge in [0.2, 0.25) is 5.91 Å². The average molecular weight is 286 g/mol. The molecule has 1 aromatic rings. The molecule has 4 unspecified atom stereocenters. The Morgan fingerprint density at radius 2 is 2.00 bits per heavy atom. The summed E-state index contributed by atoms with van der Waals surface area (Å²) < 4.78 is 0. The van der Waals surface area contributed by atoms with Gasteiger partial charge in [-0.2, -0.15) is 0 Å². The van der Waals surface area contributed by atoms with Crippen LogP contribution in [-0.2, 0) is 16.1 Å². The first-order valence-electron chi connectivity index (χ1n) is 7.14. The van der Waals surface area contributed by atoms with E-state index in [1.807, 2.05) is 30.4 Å². The van der Waals surface area contributed by atoms with Crippen LogP contribution in [0.3, 0.4) is 0 Å². The van der Waals surface area contributed by atoms with Crippen molar-refractivity contribution in [3.63, 3.8) is 0 Å². The summed E-state index contributed by atoms with van der Waals surface area (Å²) in [6, 6.07) is 5.56. The molecule has 1 aromatic heterocycles. The molecule has 1 heterocycles. The first-order valence-corrected chi connectivity index (χ1v) is 7.14. The van der Waals surface area contributed by atoms with Crippen molar-refractivity contribution in [2.45, 2.75) is 13.0 Å². The minimum absolute atomic E-state index is 0.00435. The normalized spacial score (nSPS) is 29.6. The van der Waals surface area contributed by atoms with E-state index in [0.29, 0.717) is 6.54 Å². The number of aromatic nitrogens is 1. The van der Waals surface area contributed by atoms with Crippen LogP contribution >= 0.6 is 0 Å². The highest BCUT2D eigenvalue weighted by Crippen LogP contribution is 2.48. The molecule has 1 N–H and O–H groups in total. The zero-order chi connectivity index (χ0) is 15.0. The van der Waals surface area contributed by atoms with Crippen molar-refractivity contribution < 1.29 is 14.7 Å². The number of aliphatic carboxylic acids is 1. The zero-order valence-electron chi connectivity index (χ0n) is 11.8. The van der Waals surface area contributed by atoms with Gasteiger partial charge in [-0.1, -0.05) is 18.2 Å². The van der Waals surface area contributed by atoms with E-state index in [2.05, 4.69) is 4.98 Å². The first kappa shape index (κ1) is 13.8. The molecule has 0 radical (unpaired) electrons. The Morgan fingerprint density at radius 1 is 1.29 bits per heavy atom. The second kappa shape index (κ2) is 5.31. The number of hydrogen-bond donors (Lipinski definition) is 1. The summed E-state index contributed by atoms with van der Waals surface area (Å²) in [6.07, 6.45) is 6.42. The molecule has 1 saturated carbocycles. The summed E-state index contributed by atoms with van der Waals surface area (Å²) in [5, 5.41) is 9.41. The summed E-state index contributed by atoms with van der Waals surface area (Å²) in [5.74, 6) is -1.91. The molecule has 1 amide bonds. The molecule has 0 saturated heterocycles. The lowest BCUT2D eigenvalue weighted by atomic mass is 9.82. The second-order valence-electron chi connectivity index (χ2n) is 5.85. The van der Waals surface area contributed by atoms with Crippen molar-refractivity contribution in [1.29, 1.82) is 0 Å². The molecule has 0 aromatic carbocycles. The number of carboxylic acids is 1. The van der Waals surface area contributed by atoms with Crippen LogP contribution in [0, 0.1) is 23.7 Å². The quantitative estimate of drug-likeness (QED) is 0.853. The number of carboxylic acid groups (broad SMARTS) is 1. The second-order valence-corrected chi connectivity index (χ2v) is 5.85. The standard InChI is InChI=1S/C16H18N2O3/c1-18(9-12-4-2-3-7-17-12)15(19)13-10-5-6-11(8-10)14(13)16(20)21/h2-7,10-11,13-14H,8-9H2,1H3,(H,20,21). The van der Waals surface area contributed by atoms with Crippen LogP contribution in [-0.4, -0.2) is 33.9 Å². The van der Waals surface area contributed by atoms with Crippen LogP contribution in [0.2, 0.25) is 0 Å². The lowest BCUT2D eigenvalue weighted by Gasteiger charge is -2.28. The van der Waals surface area contributed by atoms with Gasteiger partial charge in [0.05, 0.1) is 24.1 Å².